The summed E-state index contributed by atoms with van der Waals surface area (Å²) in [7, 11) is 0. The van der Waals surface area contributed by atoms with Gasteiger partial charge in [-0.25, -0.2) is 0 Å². The first-order chi connectivity index (χ1) is 7.62. The normalized spacial score (nSPS) is 24.1. The number of phenols is 1. The van der Waals surface area contributed by atoms with Crippen LogP contribution in [0.5, 0.6) is 5.75 Å². The van der Waals surface area contributed by atoms with Gasteiger partial charge in [-0.15, -0.1) is 0 Å². The summed E-state index contributed by atoms with van der Waals surface area (Å²) in [6.07, 6.45) is 5.24. The lowest BCUT2D eigenvalue weighted by Crippen LogP contribution is -2.08. The molecule has 2 aliphatic rings. The minimum atomic E-state index is 0.358. The summed E-state index contributed by atoms with van der Waals surface area (Å²) in [5.74, 6) is 1.87. The lowest BCUT2D eigenvalue weighted by Gasteiger charge is -2.21. The Balaban J connectivity index is 2.06. The van der Waals surface area contributed by atoms with E-state index >= 15 is 0 Å². The first kappa shape index (κ1) is 10.2. The molecular weight excluding hydrogens is 196 g/mol. The van der Waals surface area contributed by atoms with Crippen molar-refractivity contribution >= 4 is 0 Å². The van der Waals surface area contributed by atoms with E-state index in [9.17, 15) is 5.11 Å². The summed E-state index contributed by atoms with van der Waals surface area (Å²) in [6.45, 7) is 4.60. The van der Waals surface area contributed by atoms with E-state index in [4.69, 9.17) is 0 Å². The van der Waals surface area contributed by atoms with Gasteiger partial charge in [-0.2, -0.15) is 0 Å². The predicted molar refractivity (Wildman–Crippen MR) is 65.8 cm³/mol. The third-order valence-electron chi connectivity index (χ3n) is 4.52. The quantitative estimate of drug-likeness (QED) is 0.811. The number of phenolic OH excluding ortho intramolecular Hbond substituents is 1. The Bertz CT molecular complexity index is 413. The van der Waals surface area contributed by atoms with Crippen LogP contribution >= 0.6 is 0 Å². The summed E-state index contributed by atoms with van der Waals surface area (Å²) in [5.41, 5.74) is 3.01. The molecule has 0 heterocycles. The molecule has 0 bridgehead atoms. The zero-order chi connectivity index (χ0) is 11.3. The molecule has 0 amide bonds. The van der Waals surface area contributed by atoms with Crippen LogP contribution in [0.15, 0.2) is 18.2 Å². The Labute approximate surface area is 97.5 Å². The van der Waals surface area contributed by atoms with E-state index in [0.717, 1.165) is 5.92 Å². The molecule has 1 aromatic rings. The third kappa shape index (κ3) is 1.53. The minimum absolute atomic E-state index is 0.358. The third-order valence-corrected chi connectivity index (χ3v) is 4.52. The number of rotatable bonds is 3. The van der Waals surface area contributed by atoms with Gasteiger partial charge in [0.05, 0.1) is 0 Å². The maximum absolute atomic E-state index is 10.1. The summed E-state index contributed by atoms with van der Waals surface area (Å²) in [4.78, 5) is 0. The Kier molecular flexibility index (Phi) is 2.07. The Morgan fingerprint density at radius 1 is 1.31 bits per heavy atom. The fourth-order valence-electron chi connectivity index (χ4n) is 2.85. The van der Waals surface area contributed by atoms with Crippen LogP contribution < -0.4 is 0 Å². The Hall–Kier alpha value is -0.980. The van der Waals surface area contributed by atoms with Crippen LogP contribution in [0.2, 0.25) is 0 Å². The molecule has 1 atom stereocenters. The van der Waals surface area contributed by atoms with E-state index < -0.39 is 0 Å². The highest BCUT2D eigenvalue weighted by Gasteiger charge is 2.43. The standard InChI is InChI=1S/C15H20O/c1-10(11-6-7-11)14-12(15(2)8-9-15)4-3-5-13(14)16/h3-5,10-11,16H,6-9H2,1-2H3. The molecule has 86 valence electrons. The molecule has 0 aromatic heterocycles. The molecule has 0 spiro atoms. The average molecular weight is 216 g/mol. The largest absolute Gasteiger partial charge is 0.508 e. The van der Waals surface area contributed by atoms with Crippen LogP contribution in [0.3, 0.4) is 0 Å². The molecule has 16 heavy (non-hydrogen) atoms. The van der Waals surface area contributed by atoms with E-state index in [2.05, 4.69) is 19.9 Å². The van der Waals surface area contributed by atoms with Gasteiger partial charge in [0.1, 0.15) is 5.75 Å². The van der Waals surface area contributed by atoms with Crippen molar-refractivity contribution in [2.24, 2.45) is 5.92 Å². The van der Waals surface area contributed by atoms with Crippen LogP contribution in [0.25, 0.3) is 0 Å². The lowest BCUT2D eigenvalue weighted by atomic mass is 9.84. The molecule has 1 aromatic carbocycles. The van der Waals surface area contributed by atoms with Gasteiger partial charge in [-0.3, -0.25) is 0 Å². The van der Waals surface area contributed by atoms with Crippen LogP contribution in [0, 0.1) is 5.92 Å². The zero-order valence-corrected chi connectivity index (χ0v) is 10.2. The highest BCUT2D eigenvalue weighted by molar-refractivity contribution is 5.48. The number of benzene rings is 1. The smallest absolute Gasteiger partial charge is 0.119 e. The Morgan fingerprint density at radius 2 is 2.00 bits per heavy atom. The van der Waals surface area contributed by atoms with Gasteiger partial charge in [0.15, 0.2) is 0 Å². The molecule has 0 saturated heterocycles. The molecule has 2 aliphatic carbocycles. The molecular formula is C15H20O. The van der Waals surface area contributed by atoms with Crippen molar-refractivity contribution in [2.75, 3.05) is 0 Å². The van der Waals surface area contributed by atoms with Gasteiger partial charge < -0.3 is 5.11 Å². The molecule has 1 N–H and O–H groups in total. The first-order valence-corrected chi connectivity index (χ1v) is 6.44. The minimum Gasteiger partial charge on any atom is -0.508 e. The summed E-state index contributed by atoms with van der Waals surface area (Å²) in [5, 5.41) is 10.1. The fraction of sp³-hybridized carbons (Fsp3) is 0.600. The SMILES string of the molecule is CC(c1c(O)cccc1C1(C)CC1)C1CC1. The second-order valence-corrected chi connectivity index (χ2v) is 5.93. The van der Waals surface area contributed by atoms with Crippen molar-refractivity contribution in [3.8, 4) is 5.75 Å². The van der Waals surface area contributed by atoms with Crippen molar-refractivity contribution in [2.45, 2.75) is 50.9 Å². The molecule has 1 unspecified atom stereocenters. The maximum Gasteiger partial charge on any atom is 0.119 e. The summed E-state index contributed by atoms with van der Waals surface area (Å²) >= 11 is 0. The van der Waals surface area contributed by atoms with Gasteiger partial charge in [0.25, 0.3) is 0 Å². The molecule has 2 fully saturated rings. The van der Waals surface area contributed by atoms with Crippen molar-refractivity contribution < 1.29 is 5.11 Å². The number of hydrogen-bond donors (Lipinski definition) is 1. The molecule has 0 radical (unpaired) electrons. The summed E-state index contributed by atoms with van der Waals surface area (Å²) < 4.78 is 0. The fourth-order valence-corrected chi connectivity index (χ4v) is 2.85. The predicted octanol–water partition coefficient (Wildman–Crippen LogP) is 3.96. The van der Waals surface area contributed by atoms with Crippen LogP contribution in [-0.2, 0) is 5.41 Å². The van der Waals surface area contributed by atoms with E-state index in [1.54, 1.807) is 0 Å². The van der Waals surface area contributed by atoms with E-state index in [1.807, 2.05) is 12.1 Å². The topological polar surface area (TPSA) is 20.2 Å². The number of aromatic hydroxyl groups is 1. The van der Waals surface area contributed by atoms with Crippen molar-refractivity contribution in [3.05, 3.63) is 29.3 Å². The van der Waals surface area contributed by atoms with Crippen molar-refractivity contribution in [3.63, 3.8) is 0 Å². The molecule has 3 rings (SSSR count). The molecule has 0 aliphatic heterocycles. The molecule has 2 saturated carbocycles. The van der Waals surface area contributed by atoms with Gasteiger partial charge in [-0.1, -0.05) is 26.0 Å². The zero-order valence-electron chi connectivity index (χ0n) is 10.2. The van der Waals surface area contributed by atoms with Gasteiger partial charge in [-0.05, 0) is 54.6 Å². The number of hydrogen-bond acceptors (Lipinski definition) is 1. The van der Waals surface area contributed by atoms with Crippen LogP contribution in [-0.4, -0.2) is 5.11 Å². The average Bonchev–Trinajstić information content (AvgIpc) is 3.11. The van der Waals surface area contributed by atoms with E-state index in [0.29, 0.717) is 17.1 Å². The second-order valence-electron chi connectivity index (χ2n) is 5.93. The van der Waals surface area contributed by atoms with Crippen LogP contribution in [0.4, 0.5) is 0 Å². The molecule has 1 nitrogen and oxygen atoms in total. The van der Waals surface area contributed by atoms with Crippen LogP contribution in [0.1, 0.15) is 56.6 Å². The highest BCUT2D eigenvalue weighted by atomic mass is 16.3. The Morgan fingerprint density at radius 3 is 2.56 bits per heavy atom. The summed E-state index contributed by atoms with van der Waals surface area (Å²) in [6, 6.07) is 6.07. The lowest BCUT2D eigenvalue weighted by molar-refractivity contribution is 0.455. The van der Waals surface area contributed by atoms with Gasteiger partial charge >= 0.3 is 0 Å². The first-order valence-electron chi connectivity index (χ1n) is 6.44. The monoisotopic (exact) mass is 216 g/mol. The maximum atomic E-state index is 10.1. The van der Waals surface area contributed by atoms with Gasteiger partial charge in [0, 0.05) is 5.56 Å². The van der Waals surface area contributed by atoms with E-state index in [1.165, 1.54) is 36.8 Å². The van der Waals surface area contributed by atoms with Gasteiger partial charge in [0.2, 0.25) is 0 Å². The van der Waals surface area contributed by atoms with Crippen molar-refractivity contribution in [1.29, 1.82) is 0 Å². The van der Waals surface area contributed by atoms with Crippen molar-refractivity contribution in [1.82, 2.24) is 0 Å². The second kappa shape index (κ2) is 3.26. The highest BCUT2D eigenvalue weighted by Crippen LogP contribution is 2.54. The molecule has 1 heteroatoms. The van der Waals surface area contributed by atoms with E-state index in [-0.39, 0.29) is 0 Å².